The van der Waals surface area contributed by atoms with Crippen LogP contribution in [0.3, 0.4) is 0 Å². The highest BCUT2D eigenvalue weighted by Crippen LogP contribution is 2.15. The summed E-state index contributed by atoms with van der Waals surface area (Å²) in [6.45, 7) is 2.44. The van der Waals surface area contributed by atoms with E-state index in [1.807, 2.05) is 6.92 Å². The average Bonchev–Trinajstić information content (AvgIpc) is 2.73. The maximum Gasteiger partial charge on any atom is 0.257 e. The molecule has 10 heteroatoms. The second kappa shape index (κ2) is 11.7. The van der Waals surface area contributed by atoms with E-state index in [2.05, 4.69) is 21.5 Å². The molecule has 0 unspecified atom stereocenters. The number of ether oxygens (including phenoxy) is 1. The van der Waals surface area contributed by atoms with Crippen LogP contribution in [0.4, 0.5) is 5.69 Å². The lowest BCUT2D eigenvalue weighted by molar-refractivity contribution is -0.124. The van der Waals surface area contributed by atoms with E-state index in [4.69, 9.17) is 28.6 Å². The van der Waals surface area contributed by atoms with E-state index in [1.54, 1.807) is 48.5 Å². The molecule has 0 aromatic heterocycles. The summed E-state index contributed by atoms with van der Waals surface area (Å²) in [7, 11) is 0. The van der Waals surface area contributed by atoms with E-state index in [0.29, 0.717) is 28.6 Å². The van der Waals surface area contributed by atoms with Crippen molar-refractivity contribution < 1.29 is 19.1 Å². The average molecular weight is 449 g/mol. The standard InChI is InChI=1S/C20H21ClN4O4S/c1-2-29-16-9-7-15(8-10-16)22-17(26)11-12-18(27)24-25-20(30)23-19(28)13-3-5-14(21)6-4-13/h3-10H,2,11-12H2,1H3,(H,22,26)(H,24,27)(H2,23,25,28,30). The third-order valence-electron chi connectivity index (χ3n) is 3.68. The number of rotatable bonds is 7. The fourth-order valence-corrected chi connectivity index (χ4v) is 2.52. The molecule has 0 fully saturated rings. The van der Waals surface area contributed by atoms with Gasteiger partial charge >= 0.3 is 0 Å². The van der Waals surface area contributed by atoms with Gasteiger partial charge in [0, 0.05) is 29.1 Å². The summed E-state index contributed by atoms with van der Waals surface area (Å²) in [6, 6.07) is 13.2. The normalized spacial score (nSPS) is 9.93. The van der Waals surface area contributed by atoms with Crippen molar-refractivity contribution in [2.75, 3.05) is 11.9 Å². The Morgan fingerprint density at radius 3 is 2.20 bits per heavy atom. The zero-order chi connectivity index (χ0) is 21.9. The van der Waals surface area contributed by atoms with Gasteiger partial charge in [-0.1, -0.05) is 11.6 Å². The molecule has 158 valence electrons. The van der Waals surface area contributed by atoms with Crippen LogP contribution in [-0.2, 0) is 9.59 Å². The molecule has 30 heavy (non-hydrogen) atoms. The summed E-state index contributed by atoms with van der Waals surface area (Å²) < 4.78 is 5.33. The van der Waals surface area contributed by atoms with Crippen molar-refractivity contribution in [2.45, 2.75) is 19.8 Å². The summed E-state index contributed by atoms with van der Waals surface area (Å²) in [5.41, 5.74) is 5.71. The molecular weight excluding hydrogens is 428 g/mol. The Morgan fingerprint density at radius 2 is 1.57 bits per heavy atom. The van der Waals surface area contributed by atoms with Crippen LogP contribution in [0.15, 0.2) is 48.5 Å². The Bertz CT molecular complexity index is 904. The number of hydrogen-bond donors (Lipinski definition) is 4. The van der Waals surface area contributed by atoms with Gasteiger partial charge in [0.25, 0.3) is 5.91 Å². The van der Waals surface area contributed by atoms with Gasteiger partial charge < -0.3 is 10.1 Å². The summed E-state index contributed by atoms with van der Waals surface area (Å²) >= 11 is 10.7. The number of thiocarbonyl (C=S) groups is 1. The van der Waals surface area contributed by atoms with E-state index < -0.39 is 11.8 Å². The maximum atomic E-state index is 12.0. The predicted molar refractivity (Wildman–Crippen MR) is 118 cm³/mol. The van der Waals surface area contributed by atoms with Gasteiger partial charge in [-0.3, -0.25) is 30.6 Å². The van der Waals surface area contributed by atoms with E-state index in [1.165, 1.54) is 0 Å². The molecule has 0 atom stereocenters. The van der Waals surface area contributed by atoms with Gasteiger partial charge in [0.05, 0.1) is 6.61 Å². The van der Waals surface area contributed by atoms with Crippen LogP contribution in [-0.4, -0.2) is 29.4 Å². The van der Waals surface area contributed by atoms with Gasteiger partial charge in [0.15, 0.2) is 5.11 Å². The van der Waals surface area contributed by atoms with Crippen LogP contribution < -0.4 is 26.2 Å². The van der Waals surface area contributed by atoms with Gasteiger partial charge in [-0.05, 0) is 67.7 Å². The maximum absolute atomic E-state index is 12.0. The van der Waals surface area contributed by atoms with Gasteiger partial charge in [-0.2, -0.15) is 0 Å². The summed E-state index contributed by atoms with van der Waals surface area (Å²) in [5.74, 6) is -0.513. The lowest BCUT2D eigenvalue weighted by Gasteiger charge is -2.11. The van der Waals surface area contributed by atoms with Crippen molar-refractivity contribution in [3.8, 4) is 5.75 Å². The number of halogens is 1. The van der Waals surface area contributed by atoms with Gasteiger partial charge in [-0.15, -0.1) is 0 Å². The smallest absolute Gasteiger partial charge is 0.257 e. The van der Waals surface area contributed by atoms with Crippen molar-refractivity contribution in [2.24, 2.45) is 0 Å². The van der Waals surface area contributed by atoms with Crippen LogP contribution >= 0.6 is 23.8 Å². The van der Waals surface area contributed by atoms with Crippen LogP contribution in [0, 0.1) is 0 Å². The molecule has 0 aliphatic heterocycles. The SMILES string of the molecule is CCOc1ccc(NC(=O)CCC(=O)NNC(=S)NC(=O)c2ccc(Cl)cc2)cc1. The van der Waals surface area contributed by atoms with Crippen molar-refractivity contribution in [1.82, 2.24) is 16.2 Å². The number of amides is 3. The Balaban J connectivity index is 1.67. The highest BCUT2D eigenvalue weighted by Gasteiger charge is 2.10. The minimum atomic E-state index is -0.458. The Labute approximate surface area is 184 Å². The molecule has 0 bridgehead atoms. The molecule has 2 rings (SSSR count). The third-order valence-corrected chi connectivity index (χ3v) is 4.13. The molecule has 8 nitrogen and oxygen atoms in total. The van der Waals surface area contributed by atoms with Gasteiger partial charge in [0.2, 0.25) is 11.8 Å². The minimum Gasteiger partial charge on any atom is -0.494 e. The first-order chi connectivity index (χ1) is 14.4. The van der Waals surface area contributed by atoms with E-state index in [9.17, 15) is 14.4 Å². The van der Waals surface area contributed by atoms with Crippen LogP contribution in [0.25, 0.3) is 0 Å². The number of nitrogens with one attached hydrogen (secondary N) is 4. The molecule has 0 spiro atoms. The molecule has 3 amide bonds. The van der Waals surface area contributed by atoms with Crippen molar-refractivity contribution >= 4 is 52.3 Å². The van der Waals surface area contributed by atoms with Gasteiger partial charge in [0.1, 0.15) is 5.75 Å². The molecule has 0 saturated carbocycles. The van der Waals surface area contributed by atoms with Crippen molar-refractivity contribution in [3.05, 3.63) is 59.1 Å². The molecule has 0 saturated heterocycles. The van der Waals surface area contributed by atoms with Crippen LogP contribution in [0.2, 0.25) is 5.02 Å². The van der Waals surface area contributed by atoms with E-state index >= 15 is 0 Å². The first-order valence-corrected chi connectivity index (χ1v) is 9.84. The van der Waals surface area contributed by atoms with Crippen LogP contribution in [0.5, 0.6) is 5.75 Å². The largest absolute Gasteiger partial charge is 0.494 e. The molecular formula is C20H21ClN4O4S. The zero-order valence-electron chi connectivity index (χ0n) is 16.2. The number of carbonyl (C=O) groups excluding carboxylic acids is 3. The lowest BCUT2D eigenvalue weighted by Crippen LogP contribution is -2.48. The lowest BCUT2D eigenvalue weighted by atomic mass is 10.2. The quantitative estimate of drug-likeness (QED) is 0.383. The fraction of sp³-hybridized carbons (Fsp3) is 0.200. The number of hydrogen-bond acceptors (Lipinski definition) is 5. The molecule has 4 N–H and O–H groups in total. The number of hydrazine groups is 1. The zero-order valence-corrected chi connectivity index (χ0v) is 17.7. The number of benzene rings is 2. The fourth-order valence-electron chi connectivity index (χ4n) is 2.25. The second-order valence-corrected chi connectivity index (χ2v) is 6.81. The van der Waals surface area contributed by atoms with Crippen molar-refractivity contribution in [3.63, 3.8) is 0 Å². The number of carbonyl (C=O) groups is 3. The highest BCUT2D eigenvalue weighted by atomic mass is 35.5. The summed E-state index contributed by atoms with van der Waals surface area (Å²) in [5, 5.41) is 5.53. The molecule has 0 aliphatic rings. The predicted octanol–water partition coefficient (Wildman–Crippen LogP) is 2.79. The minimum absolute atomic E-state index is 0.0232. The number of anilines is 1. The first-order valence-electron chi connectivity index (χ1n) is 9.06. The van der Waals surface area contributed by atoms with E-state index in [0.717, 1.165) is 0 Å². The van der Waals surface area contributed by atoms with Crippen molar-refractivity contribution in [1.29, 1.82) is 0 Å². The molecule has 2 aromatic carbocycles. The molecule has 0 heterocycles. The highest BCUT2D eigenvalue weighted by molar-refractivity contribution is 7.80. The Kier molecular flexibility index (Phi) is 9.04. The molecule has 2 aromatic rings. The summed E-state index contributed by atoms with van der Waals surface area (Å²) in [4.78, 5) is 35.8. The van der Waals surface area contributed by atoms with E-state index in [-0.39, 0.29) is 23.9 Å². The summed E-state index contributed by atoms with van der Waals surface area (Å²) in [6.07, 6.45) is -0.0891. The molecule has 0 aliphatic carbocycles. The second-order valence-electron chi connectivity index (χ2n) is 5.97. The Hall–Kier alpha value is -3.17. The first kappa shape index (κ1) is 23.1. The topological polar surface area (TPSA) is 109 Å². The van der Waals surface area contributed by atoms with Crippen LogP contribution in [0.1, 0.15) is 30.1 Å². The van der Waals surface area contributed by atoms with Gasteiger partial charge in [-0.25, -0.2) is 0 Å². The monoisotopic (exact) mass is 448 g/mol. The Morgan fingerprint density at radius 1 is 0.933 bits per heavy atom. The third kappa shape index (κ3) is 8.06. The molecule has 0 radical (unpaired) electrons.